The fourth-order valence-electron chi connectivity index (χ4n) is 8.97. The van der Waals surface area contributed by atoms with Crippen molar-refractivity contribution in [2.75, 3.05) is 13.2 Å². The van der Waals surface area contributed by atoms with Crippen molar-refractivity contribution < 1.29 is 28.6 Å². The van der Waals surface area contributed by atoms with Crippen LogP contribution >= 0.6 is 0 Å². The molecular weight excluding hydrogens is 937 g/mol. The Balaban J connectivity index is 4.23. The van der Waals surface area contributed by atoms with E-state index in [0.29, 0.717) is 19.3 Å². The fraction of sp³-hybridized carbons (Fsp3) is 0.729. The molecule has 1 atom stereocenters. The Kier molecular flexibility index (Phi) is 60.8. The van der Waals surface area contributed by atoms with E-state index in [1.165, 1.54) is 161 Å². The summed E-state index contributed by atoms with van der Waals surface area (Å²) in [6, 6.07) is 0. The van der Waals surface area contributed by atoms with E-state index < -0.39 is 6.10 Å². The standard InChI is InChI=1S/C70H120O6/c1-4-7-10-13-16-19-22-24-26-28-30-31-32-33-34-35-36-37-38-39-41-42-44-46-48-51-54-57-60-63-69(72)75-66-67(65-74-68(71)62-59-56-53-50-21-18-15-12-9-6-3)76-70(73)64-61-58-55-52-49-47-45-43-40-29-27-25-23-20-17-14-11-8-5-2/h7,10,12,15-16,19,24-27,30-31,33-34,36-37,67H,4-6,8-9,11,13-14,17-18,20-23,28-29,32,35,38-66H2,1-3H3/b10-7-,15-12-,19-16-,26-24-,27-25-,31-30-,34-33-,37-36-. The summed E-state index contributed by atoms with van der Waals surface area (Å²) in [7, 11) is 0. The van der Waals surface area contributed by atoms with Crippen LogP contribution in [0.3, 0.4) is 0 Å². The minimum Gasteiger partial charge on any atom is -0.462 e. The summed E-state index contributed by atoms with van der Waals surface area (Å²) in [5.74, 6) is -0.890. The van der Waals surface area contributed by atoms with Crippen LogP contribution in [0.5, 0.6) is 0 Å². The van der Waals surface area contributed by atoms with Gasteiger partial charge in [-0.25, -0.2) is 0 Å². The van der Waals surface area contributed by atoms with E-state index >= 15 is 0 Å². The maximum atomic E-state index is 12.9. The number of ether oxygens (including phenoxy) is 3. The Bertz CT molecular complexity index is 1490. The maximum Gasteiger partial charge on any atom is 0.306 e. The predicted octanol–water partition coefficient (Wildman–Crippen LogP) is 22.0. The summed E-state index contributed by atoms with van der Waals surface area (Å²) in [5.41, 5.74) is 0. The summed E-state index contributed by atoms with van der Waals surface area (Å²) in [6.45, 7) is 6.47. The highest BCUT2D eigenvalue weighted by atomic mass is 16.6. The lowest BCUT2D eigenvalue weighted by Gasteiger charge is -2.18. The summed E-state index contributed by atoms with van der Waals surface area (Å²) < 4.78 is 16.9. The monoisotopic (exact) mass is 1060 g/mol. The number of hydrogen-bond acceptors (Lipinski definition) is 6. The van der Waals surface area contributed by atoms with Gasteiger partial charge in [-0.2, -0.15) is 0 Å². The van der Waals surface area contributed by atoms with Gasteiger partial charge >= 0.3 is 17.9 Å². The van der Waals surface area contributed by atoms with Crippen molar-refractivity contribution in [3.8, 4) is 0 Å². The van der Waals surface area contributed by atoms with Gasteiger partial charge < -0.3 is 14.2 Å². The smallest absolute Gasteiger partial charge is 0.306 e. The molecular formula is C70H120O6. The van der Waals surface area contributed by atoms with Gasteiger partial charge in [0, 0.05) is 19.3 Å². The average molecular weight is 1060 g/mol. The molecule has 0 bridgehead atoms. The number of hydrogen-bond donors (Lipinski definition) is 0. The van der Waals surface area contributed by atoms with Gasteiger partial charge in [0.2, 0.25) is 0 Å². The fourth-order valence-corrected chi connectivity index (χ4v) is 8.97. The molecule has 0 aromatic rings. The molecule has 0 saturated heterocycles. The van der Waals surface area contributed by atoms with Gasteiger partial charge in [0.15, 0.2) is 6.10 Å². The SMILES string of the molecule is CC/C=C\C/C=C\C/C=C\C/C=C\C/C=C\C/C=C\CCCCCCCCCCCCC(=O)OCC(COC(=O)CCCCCCC/C=C\CCC)OC(=O)CCCCCCCCCCC/C=C\CCCCCCCC. The highest BCUT2D eigenvalue weighted by Crippen LogP contribution is 2.16. The third-order valence-corrected chi connectivity index (χ3v) is 13.8. The summed E-state index contributed by atoms with van der Waals surface area (Å²) in [5, 5.41) is 0. The van der Waals surface area contributed by atoms with Crippen LogP contribution in [0.4, 0.5) is 0 Å². The zero-order valence-electron chi connectivity index (χ0n) is 50.0. The molecule has 0 saturated carbocycles. The molecule has 0 aliphatic heterocycles. The Morgan fingerprint density at radius 1 is 0.276 bits per heavy atom. The topological polar surface area (TPSA) is 78.9 Å². The first kappa shape index (κ1) is 72.3. The molecule has 0 aliphatic carbocycles. The first-order valence-electron chi connectivity index (χ1n) is 32.2. The lowest BCUT2D eigenvalue weighted by Crippen LogP contribution is -2.30. The van der Waals surface area contributed by atoms with Crippen molar-refractivity contribution >= 4 is 17.9 Å². The third kappa shape index (κ3) is 61.2. The van der Waals surface area contributed by atoms with Crippen molar-refractivity contribution in [3.05, 3.63) is 97.2 Å². The molecule has 0 radical (unpaired) electrons. The first-order chi connectivity index (χ1) is 37.5. The molecule has 0 aliphatic rings. The Morgan fingerprint density at radius 2 is 0.539 bits per heavy atom. The van der Waals surface area contributed by atoms with Gasteiger partial charge in [-0.05, 0) is 116 Å². The van der Waals surface area contributed by atoms with Crippen molar-refractivity contribution in [3.63, 3.8) is 0 Å². The van der Waals surface area contributed by atoms with Gasteiger partial charge in [-0.15, -0.1) is 0 Å². The predicted molar refractivity (Wildman–Crippen MR) is 330 cm³/mol. The van der Waals surface area contributed by atoms with Crippen LogP contribution in [0.25, 0.3) is 0 Å². The van der Waals surface area contributed by atoms with Crippen LogP contribution in [0.2, 0.25) is 0 Å². The highest BCUT2D eigenvalue weighted by molar-refractivity contribution is 5.71. The van der Waals surface area contributed by atoms with Gasteiger partial charge in [0.25, 0.3) is 0 Å². The second kappa shape index (κ2) is 63.9. The molecule has 0 amide bonds. The number of unbranched alkanes of at least 4 members (excludes halogenated alkanes) is 31. The van der Waals surface area contributed by atoms with Gasteiger partial charge in [0.1, 0.15) is 13.2 Å². The number of esters is 3. The number of carbonyl (C=O) groups is 3. The van der Waals surface area contributed by atoms with Crippen molar-refractivity contribution in [2.24, 2.45) is 0 Å². The number of rotatable bonds is 58. The highest BCUT2D eigenvalue weighted by Gasteiger charge is 2.19. The molecule has 6 nitrogen and oxygen atoms in total. The first-order valence-corrected chi connectivity index (χ1v) is 32.2. The van der Waals surface area contributed by atoms with Crippen LogP contribution in [-0.2, 0) is 28.6 Å². The largest absolute Gasteiger partial charge is 0.462 e. The second-order valence-electron chi connectivity index (χ2n) is 21.3. The van der Waals surface area contributed by atoms with Crippen LogP contribution in [0, 0.1) is 0 Å². The average Bonchev–Trinajstić information content (AvgIpc) is 3.42. The summed E-state index contributed by atoms with van der Waals surface area (Å²) >= 11 is 0. The third-order valence-electron chi connectivity index (χ3n) is 13.8. The molecule has 0 heterocycles. The van der Waals surface area contributed by atoms with E-state index in [1.54, 1.807) is 0 Å². The molecule has 0 spiro atoms. The Labute approximate surface area is 470 Å². The van der Waals surface area contributed by atoms with Crippen molar-refractivity contribution in [1.29, 1.82) is 0 Å². The number of allylic oxidation sites excluding steroid dienone is 16. The summed E-state index contributed by atoms with van der Waals surface area (Å²) in [6.07, 6.45) is 85.6. The van der Waals surface area contributed by atoms with E-state index in [2.05, 4.69) is 118 Å². The van der Waals surface area contributed by atoms with Gasteiger partial charge in [-0.1, -0.05) is 272 Å². The molecule has 0 aromatic heterocycles. The maximum absolute atomic E-state index is 12.9. The van der Waals surface area contributed by atoms with Crippen molar-refractivity contribution in [2.45, 2.75) is 316 Å². The van der Waals surface area contributed by atoms with E-state index in [0.717, 1.165) is 109 Å². The van der Waals surface area contributed by atoms with Crippen molar-refractivity contribution in [1.82, 2.24) is 0 Å². The Hall–Kier alpha value is -3.67. The molecule has 0 rings (SSSR count). The summed E-state index contributed by atoms with van der Waals surface area (Å²) in [4.78, 5) is 38.2. The second-order valence-corrected chi connectivity index (χ2v) is 21.3. The van der Waals surface area contributed by atoms with E-state index in [9.17, 15) is 14.4 Å². The quantitative estimate of drug-likeness (QED) is 0.0261. The Morgan fingerprint density at radius 3 is 0.868 bits per heavy atom. The zero-order chi connectivity index (χ0) is 55.0. The molecule has 1 unspecified atom stereocenters. The minimum absolute atomic E-state index is 0.0819. The molecule has 436 valence electrons. The zero-order valence-corrected chi connectivity index (χ0v) is 50.0. The molecule has 76 heavy (non-hydrogen) atoms. The van der Waals surface area contributed by atoms with Gasteiger partial charge in [0.05, 0.1) is 0 Å². The lowest BCUT2D eigenvalue weighted by atomic mass is 10.0. The van der Waals surface area contributed by atoms with Gasteiger partial charge in [-0.3, -0.25) is 14.4 Å². The molecule has 0 fully saturated rings. The normalized spacial score (nSPS) is 12.7. The molecule has 0 aromatic carbocycles. The lowest BCUT2D eigenvalue weighted by molar-refractivity contribution is -0.167. The van der Waals surface area contributed by atoms with E-state index in [4.69, 9.17) is 14.2 Å². The van der Waals surface area contributed by atoms with Crippen LogP contribution in [-0.4, -0.2) is 37.2 Å². The van der Waals surface area contributed by atoms with Crippen LogP contribution in [0.15, 0.2) is 97.2 Å². The molecule has 6 heteroatoms. The van der Waals surface area contributed by atoms with E-state index in [-0.39, 0.29) is 31.1 Å². The van der Waals surface area contributed by atoms with E-state index in [1.807, 2.05) is 0 Å². The molecule has 0 N–H and O–H groups in total. The minimum atomic E-state index is -0.784. The van der Waals surface area contributed by atoms with Crippen LogP contribution < -0.4 is 0 Å². The number of carbonyl (C=O) groups excluding carboxylic acids is 3. The van der Waals surface area contributed by atoms with Crippen LogP contribution in [0.1, 0.15) is 310 Å².